The lowest BCUT2D eigenvalue weighted by Crippen LogP contribution is -2.43. The van der Waals surface area contributed by atoms with E-state index in [0.29, 0.717) is 10.9 Å². The van der Waals surface area contributed by atoms with E-state index in [9.17, 15) is 14.7 Å². The Labute approximate surface area is 183 Å². The first-order valence-corrected chi connectivity index (χ1v) is 11.7. The van der Waals surface area contributed by atoms with Crippen molar-refractivity contribution in [3.63, 3.8) is 0 Å². The number of rotatable bonds is 5. The zero-order chi connectivity index (χ0) is 22.1. The smallest absolute Gasteiger partial charge is 0.338 e. The molecule has 1 aliphatic rings. The average Bonchev–Trinajstić information content (AvgIpc) is 3.13. The van der Waals surface area contributed by atoms with Crippen molar-refractivity contribution in [2.75, 3.05) is 4.90 Å². The largest absolute Gasteiger partial charge is 0.478 e. The molecule has 0 unspecified atom stereocenters. The van der Waals surface area contributed by atoms with Gasteiger partial charge < -0.3 is 10.0 Å². The van der Waals surface area contributed by atoms with Gasteiger partial charge >= 0.3 is 5.97 Å². The molecule has 1 aliphatic carbocycles. The summed E-state index contributed by atoms with van der Waals surface area (Å²) in [5.41, 5.74) is 1.45. The highest BCUT2D eigenvalue weighted by Crippen LogP contribution is 2.43. The Hall–Kier alpha value is -2.14. The van der Waals surface area contributed by atoms with Gasteiger partial charge in [0, 0.05) is 16.8 Å². The molecular formula is C25H33NO3S. The maximum Gasteiger partial charge on any atom is 0.338 e. The van der Waals surface area contributed by atoms with Crippen LogP contribution in [-0.4, -0.2) is 23.0 Å². The summed E-state index contributed by atoms with van der Waals surface area (Å²) in [5, 5.41) is 10.4. The van der Waals surface area contributed by atoms with Crippen LogP contribution in [-0.2, 0) is 4.79 Å². The number of carboxylic acid groups (broad SMARTS) is 1. The number of hydrogen-bond acceptors (Lipinski definition) is 3. The van der Waals surface area contributed by atoms with Crippen LogP contribution in [0, 0.1) is 17.3 Å². The molecule has 1 aromatic heterocycles. The van der Waals surface area contributed by atoms with E-state index in [1.165, 1.54) is 11.3 Å². The zero-order valence-electron chi connectivity index (χ0n) is 18.6. The van der Waals surface area contributed by atoms with E-state index in [1.807, 2.05) is 44.2 Å². The summed E-state index contributed by atoms with van der Waals surface area (Å²) in [4.78, 5) is 28.2. The lowest BCUT2D eigenvalue weighted by Gasteiger charge is -2.38. The van der Waals surface area contributed by atoms with Crippen LogP contribution in [0.15, 0.2) is 36.4 Å². The minimum atomic E-state index is -0.988. The number of amides is 1. The summed E-state index contributed by atoms with van der Waals surface area (Å²) in [6, 6.07) is 11.4. The van der Waals surface area contributed by atoms with Gasteiger partial charge in [-0.3, -0.25) is 4.79 Å². The number of aromatic carboxylic acids is 1. The van der Waals surface area contributed by atoms with E-state index < -0.39 is 5.97 Å². The first kappa shape index (κ1) is 22.5. The number of thiophene rings is 1. The normalized spacial score (nSPS) is 19.7. The lowest BCUT2D eigenvalue weighted by atomic mass is 9.69. The minimum absolute atomic E-state index is 0.0325. The van der Waals surface area contributed by atoms with E-state index >= 15 is 0 Å². The van der Waals surface area contributed by atoms with E-state index in [4.69, 9.17) is 0 Å². The SMILES string of the molecule is CC(C)N(C(=O)C1CCC(C(C)(C)C)CC1)c1sc(-c2ccccc2)cc1C(=O)O. The van der Waals surface area contributed by atoms with Gasteiger partial charge in [0.2, 0.25) is 5.91 Å². The van der Waals surface area contributed by atoms with Gasteiger partial charge in [0.25, 0.3) is 0 Å². The Morgan fingerprint density at radius 1 is 1.07 bits per heavy atom. The van der Waals surface area contributed by atoms with Gasteiger partial charge in [-0.15, -0.1) is 11.3 Å². The van der Waals surface area contributed by atoms with Crippen molar-refractivity contribution in [3.05, 3.63) is 42.0 Å². The van der Waals surface area contributed by atoms with E-state index in [-0.39, 0.29) is 28.8 Å². The molecule has 3 rings (SSSR count). The van der Waals surface area contributed by atoms with Crippen molar-refractivity contribution >= 4 is 28.2 Å². The van der Waals surface area contributed by atoms with Gasteiger partial charge in [0.15, 0.2) is 0 Å². The molecule has 0 spiro atoms. The number of carbonyl (C=O) groups excluding carboxylic acids is 1. The molecular weight excluding hydrogens is 394 g/mol. The number of carboxylic acids is 1. The summed E-state index contributed by atoms with van der Waals surface area (Å²) in [6.45, 7) is 10.8. The number of carbonyl (C=O) groups is 2. The molecule has 1 N–H and O–H groups in total. The third kappa shape index (κ3) is 4.77. The fourth-order valence-corrected chi connectivity index (χ4v) is 5.74. The molecule has 1 fully saturated rings. The number of benzene rings is 1. The average molecular weight is 428 g/mol. The lowest BCUT2D eigenvalue weighted by molar-refractivity contribution is -0.124. The highest BCUT2D eigenvalue weighted by molar-refractivity contribution is 7.20. The van der Waals surface area contributed by atoms with Gasteiger partial charge in [-0.2, -0.15) is 0 Å². The predicted molar refractivity (Wildman–Crippen MR) is 124 cm³/mol. The summed E-state index contributed by atoms with van der Waals surface area (Å²) >= 11 is 1.40. The van der Waals surface area contributed by atoms with Gasteiger partial charge in [0.1, 0.15) is 5.00 Å². The van der Waals surface area contributed by atoms with Crippen molar-refractivity contribution in [2.24, 2.45) is 17.3 Å². The highest BCUT2D eigenvalue weighted by Gasteiger charge is 2.36. The molecule has 0 saturated heterocycles. The Bertz CT molecular complexity index is 887. The monoisotopic (exact) mass is 427 g/mol. The third-order valence-electron chi connectivity index (χ3n) is 6.27. The van der Waals surface area contributed by atoms with Crippen LogP contribution in [0.25, 0.3) is 10.4 Å². The Morgan fingerprint density at radius 3 is 2.17 bits per heavy atom. The van der Waals surface area contributed by atoms with E-state index in [1.54, 1.807) is 11.0 Å². The van der Waals surface area contributed by atoms with E-state index in [2.05, 4.69) is 20.8 Å². The molecule has 0 atom stereocenters. The maximum absolute atomic E-state index is 13.6. The van der Waals surface area contributed by atoms with Crippen LogP contribution in [0.1, 0.15) is 70.7 Å². The molecule has 1 aromatic carbocycles. The second kappa shape index (κ2) is 8.93. The van der Waals surface area contributed by atoms with Crippen LogP contribution in [0.2, 0.25) is 0 Å². The second-order valence-electron chi connectivity index (χ2n) is 9.72. The molecule has 4 nitrogen and oxygen atoms in total. The topological polar surface area (TPSA) is 57.6 Å². The first-order valence-electron chi connectivity index (χ1n) is 10.8. The minimum Gasteiger partial charge on any atom is -0.478 e. The van der Waals surface area contributed by atoms with Crippen molar-refractivity contribution < 1.29 is 14.7 Å². The third-order valence-corrected chi connectivity index (χ3v) is 7.46. The molecule has 1 heterocycles. The second-order valence-corrected chi connectivity index (χ2v) is 10.7. The first-order chi connectivity index (χ1) is 14.1. The Balaban J connectivity index is 1.90. The molecule has 0 radical (unpaired) electrons. The standard InChI is InChI=1S/C25H33NO3S/c1-16(2)26(22(27)18-11-13-19(14-12-18)25(3,4)5)23-20(24(28)29)15-21(30-23)17-9-7-6-8-10-17/h6-10,15-16,18-19H,11-14H2,1-5H3,(H,28,29). The zero-order valence-corrected chi connectivity index (χ0v) is 19.5. The molecule has 1 amide bonds. The van der Waals surface area contributed by atoms with Gasteiger partial charge in [-0.1, -0.05) is 51.1 Å². The van der Waals surface area contributed by atoms with Crippen molar-refractivity contribution in [3.8, 4) is 10.4 Å². The molecule has 30 heavy (non-hydrogen) atoms. The molecule has 5 heteroatoms. The summed E-state index contributed by atoms with van der Waals surface area (Å²) in [5.74, 6) is -0.315. The predicted octanol–water partition coefficient (Wildman–Crippen LogP) is 6.71. The van der Waals surface area contributed by atoms with Gasteiger partial charge in [0.05, 0.1) is 5.56 Å². The maximum atomic E-state index is 13.6. The van der Waals surface area contributed by atoms with Crippen LogP contribution >= 0.6 is 11.3 Å². The van der Waals surface area contributed by atoms with Gasteiger partial charge in [-0.05, 0) is 62.5 Å². The van der Waals surface area contributed by atoms with Crippen molar-refractivity contribution in [1.29, 1.82) is 0 Å². The number of anilines is 1. The Morgan fingerprint density at radius 2 is 1.67 bits per heavy atom. The van der Waals surface area contributed by atoms with Crippen LogP contribution < -0.4 is 4.90 Å². The molecule has 2 aromatic rings. The fraction of sp³-hybridized carbons (Fsp3) is 0.520. The Kier molecular flexibility index (Phi) is 6.71. The molecule has 0 bridgehead atoms. The molecule has 162 valence electrons. The number of nitrogens with zero attached hydrogens (tertiary/aromatic N) is 1. The van der Waals surface area contributed by atoms with Crippen molar-refractivity contribution in [2.45, 2.75) is 66.3 Å². The van der Waals surface area contributed by atoms with Gasteiger partial charge in [-0.25, -0.2) is 4.79 Å². The summed E-state index contributed by atoms with van der Waals surface area (Å²) in [6.07, 6.45) is 3.86. The van der Waals surface area contributed by atoms with Crippen LogP contribution in [0.4, 0.5) is 5.00 Å². The molecule has 0 aliphatic heterocycles. The summed E-state index contributed by atoms with van der Waals surface area (Å²) in [7, 11) is 0. The fourth-order valence-electron chi connectivity index (χ4n) is 4.45. The highest BCUT2D eigenvalue weighted by atomic mass is 32.1. The quantitative estimate of drug-likeness (QED) is 0.577. The summed E-state index contributed by atoms with van der Waals surface area (Å²) < 4.78 is 0. The number of hydrogen-bond donors (Lipinski definition) is 1. The van der Waals surface area contributed by atoms with Crippen LogP contribution in [0.3, 0.4) is 0 Å². The van der Waals surface area contributed by atoms with Crippen molar-refractivity contribution in [1.82, 2.24) is 0 Å². The van der Waals surface area contributed by atoms with E-state index in [0.717, 1.165) is 36.1 Å². The van der Waals surface area contributed by atoms with Crippen LogP contribution in [0.5, 0.6) is 0 Å². The molecule has 1 saturated carbocycles.